The van der Waals surface area contributed by atoms with Crippen molar-refractivity contribution < 1.29 is 9.85 Å². The SMILES string of the molecule is O=[N+]([O-])c1ccc(Cl)cc1[Se][Se]c1cc(Cl)ccc1[N+](=O)[O-]. The Morgan fingerprint density at radius 2 is 1.14 bits per heavy atom. The molecule has 0 atom stereocenters. The molecule has 0 radical (unpaired) electrons. The number of hydrogen-bond acceptors (Lipinski definition) is 4. The quantitative estimate of drug-likeness (QED) is 0.380. The third-order valence-corrected chi connectivity index (χ3v) is 10.1. The molecule has 0 saturated carbocycles. The summed E-state index contributed by atoms with van der Waals surface area (Å²) in [4.78, 5) is 21.1. The van der Waals surface area contributed by atoms with Crippen molar-refractivity contribution in [3.63, 3.8) is 0 Å². The molecule has 22 heavy (non-hydrogen) atoms. The molecule has 0 fully saturated rings. The molecule has 0 amide bonds. The first-order valence-electron chi connectivity index (χ1n) is 5.61. The van der Waals surface area contributed by atoms with Crippen LogP contribution in [0.2, 0.25) is 10.0 Å². The van der Waals surface area contributed by atoms with Crippen LogP contribution < -0.4 is 8.92 Å². The van der Waals surface area contributed by atoms with Crippen molar-refractivity contribution in [2.75, 3.05) is 0 Å². The summed E-state index contributed by atoms with van der Waals surface area (Å²) in [6, 6.07) is 8.68. The van der Waals surface area contributed by atoms with Crippen molar-refractivity contribution in [2.45, 2.75) is 0 Å². The van der Waals surface area contributed by atoms with Crippen molar-refractivity contribution >= 4 is 69.8 Å². The van der Waals surface area contributed by atoms with E-state index >= 15 is 0 Å². The molecule has 0 heterocycles. The van der Waals surface area contributed by atoms with Crippen LogP contribution in [0.3, 0.4) is 0 Å². The Labute approximate surface area is 146 Å². The number of halogens is 2. The Morgan fingerprint density at radius 1 is 0.773 bits per heavy atom. The van der Waals surface area contributed by atoms with E-state index in [9.17, 15) is 20.2 Å². The Kier molecular flexibility index (Phi) is 5.80. The molecule has 0 N–H and O–H groups in total. The van der Waals surface area contributed by atoms with E-state index in [1.165, 1.54) is 36.4 Å². The van der Waals surface area contributed by atoms with Gasteiger partial charge in [0.2, 0.25) is 0 Å². The predicted octanol–water partition coefficient (Wildman–Crippen LogP) is 2.08. The number of rotatable bonds is 5. The van der Waals surface area contributed by atoms with Crippen molar-refractivity contribution in [3.05, 3.63) is 66.7 Å². The number of hydrogen-bond donors (Lipinski definition) is 0. The molecule has 0 aliphatic heterocycles. The van der Waals surface area contributed by atoms with E-state index in [4.69, 9.17) is 23.2 Å². The molecule has 0 aliphatic rings. The average Bonchev–Trinajstić information content (AvgIpc) is 2.44. The summed E-state index contributed by atoms with van der Waals surface area (Å²) in [5.74, 6) is 0. The number of nitrogens with zero attached hydrogens (tertiary/aromatic N) is 2. The van der Waals surface area contributed by atoms with Crippen LogP contribution in [0.4, 0.5) is 11.4 Å². The van der Waals surface area contributed by atoms with Crippen molar-refractivity contribution in [1.29, 1.82) is 0 Å². The van der Waals surface area contributed by atoms with E-state index in [0.29, 0.717) is 19.0 Å². The second-order valence-electron chi connectivity index (χ2n) is 3.90. The average molecular weight is 471 g/mol. The van der Waals surface area contributed by atoms with Gasteiger partial charge in [0.05, 0.1) is 0 Å². The van der Waals surface area contributed by atoms with Crippen LogP contribution in [0.15, 0.2) is 36.4 Å². The molecule has 0 aromatic heterocycles. The molecule has 2 aromatic carbocycles. The summed E-state index contributed by atoms with van der Waals surface area (Å²) in [6.07, 6.45) is 0. The van der Waals surface area contributed by atoms with Gasteiger partial charge in [0.1, 0.15) is 0 Å². The standard InChI is InChI=1S/C12H6Cl2N2O4Se2/c13-7-1-3-9(15(17)18)11(5-7)21-22-12-6-8(14)2-4-10(12)16(19)20/h1-6H. The normalized spacial score (nSPS) is 10.5. The fourth-order valence-corrected chi connectivity index (χ4v) is 9.07. The van der Waals surface area contributed by atoms with Crippen LogP contribution in [0.5, 0.6) is 0 Å². The fraction of sp³-hybridized carbons (Fsp3) is 0. The zero-order valence-corrected chi connectivity index (χ0v) is 15.5. The van der Waals surface area contributed by atoms with E-state index in [1.807, 2.05) is 0 Å². The Morgan fingerprint density at radius 3 is 1.45 bits per heavy atom. The second kappa shape index (κ2) is 7.42. The van der Waals surface area contributed by atoms with Crippen LogP contribution in [0.1, 0.15) is 0 Å². The minimum absolute atomic E-state index is 0.0176. The summed E-state index contributed by atoms with van der Waals surface area (Å²) in [6.45, 7) is 0. The Hall–Kier alpha value is -1.14. The monoisotopic (exact) mass is 472 g/mol. The first-order chi connectivity index (χ1) is 10.4. The second-order valence-corrected chi connectivity index (χ2v) is 11.0. The van der Waals surface area contributed by atoms with E-state index in [2.05, 4.69) is 0 Å². The van der Waals surface area contributed by atoms with Gasteiger partial charge in [-0.3, -0.25) is 0 Å². The van der Waals surface area contributed by atoms with Gasteiger partial charge in [0.25, 0.3) is 0 Å². The van der Waals surface area contributed by atoms with Gasteiger partial charge in [-0.15, -0.1) is 0 Å². The first kappa shape index (κ1) is 17.2. The molecular formula is C12H6Cl2N2O4Se2. The predicted molar refractivity (Wildman–Crippen MR) is 87.0 cm³/mol. The van der Waals surface area contributed by atoms with Crippen molar-refractivity contribution in [3.8, 4) is 0 Å². The summed E-state index contributed by atoms with van der Waals surface area (Å²) in [5, 5.41) is 22.9. The molecule has 6 nitrogen and oxygen atoms in total. The zero-order chi connectivity index (χ0) is 16.3. The minimum atomic E-state index is -0.476. The summed E-state index contributed by atoms with van der Waals surface area (Å²) >= 11 is 11.1. The fourth-order valence-electron chi connectivity index (χ4n) is 1.50. The van der Waals surface area contributed by atoms with Gasteiger partial charge in [-0.05, 0) is 0 Å². The van der Waals surface area contributed by atoms with Crippen LogP contribution >= 0.6 is 23.2 Å². The molecule has 114 valence electrons. The van der Waals surface area contributed by atoms with E-state index in [-0.39, 0.29) is 37.6 Å². The first-order valence-corrected chi connectivity index (χ1v) is 12.4. The molecule has 2 rings (SSSR count). The van der Waals surface area contributed by atoms with Crippen LogP contribution in [-0.4, -0.2) is 36.1 Å². The van der Waals surface area contributed by atoms with Crippen molar-refractivity contribution in [1.82, 2.24) is 0 Å². The maximum atomic E-state index is 11.0. The van der Waals surface area contributed by atoms with Gasteiger partial charge in [-0.25, -0.2) is 0 Å². The summed E-state index contributed by atoms with van der Waals surface area (Å²) in [7, 11) is 0. The summed E-state index contributed by atoms with van der Waals surface area (Å²) < 4.78 is 1.03. The van der Waals surface area contributed by atoms with Crippen LogP contribution in [-0.2, 0) is 0 Å². The molecule has 0 spiro atoms. The van der Waals surface area contributed by atoms with Crippen molar-refractivity contribution in [2.24, 2.45) is 0 Å². The van der Waals surface area contributed by atoms with Crippen LogP contribution in [0, 0.1) is 20.2 Å². The number of nitro groups is 2. The molecule has 0 bridgehead atoms. The summed E-state index contributed by atoms with van der Waals surface area (Å²) in [5.41, 5.74) is -0.0353. The van der Waals surface area contributed by atoms with E-state index in [0.717, 1.165) is 0 Å². The van der Waals surface area contributed by atoms with Gasteiger partial charge in [-0.2, -0.15) is 0 Å². The number of benzene rings is 2. The van der Waals surface area contributed by atoms with Crippen LogP contribution in [0.25, 0.3) is 0 Å². The molecule has 0 aliphatic carbocycles. The molecule has 0 saturated heterocycles. The molecule has 10 heteroatoms. The topological polar surface area (TPSA) is 86.3 Å². The third kappa shape index (κ3) is 4.20. The molecule has 2 aromatic rings. The van der Waals surface area contributed by atoms with Gasteiger partial charge in [0.15, 0.2) is 0 Å². The molecule has 0 unspecified atom stereocenters. The van der Waals surface area contributed by atoms with E-state index < -0.39 is 9.85 Å². The Bertz CT molecular complexity index is 694. The van der Waals surface area contributed by atoms with E-state index in [1.54, 1.807) is 0 Å². The van der Waals surface area contributed by atoms with Gasteiger partial charge in [-0.1, -0.05) is 0 Å². The van der Waals surface area contributed by atoms with Gasteiger partial charge < -0.3 is 0 Å². The number of nitro benzene ring substituents is 2. The Balaban J connectivity index is 2.31. The molecular weight excluding hydrogens is 465 g/mol. The van der Waals surface area contributed by atoms with Gasteiger partial charge in [0, 0.05) is 0 Å². The van der Waals surface area contributed by atoms with Gasteiger partial charge >= 0.3 is 146 Å². The maximum absolute atomic E-state index is 11.0. The zero-order valence-electron chi connectivity index (χ0n) is 10.6. The third-order valence-electron chi connectivity index (χ3n) is 2.46.